The number of rotatable bonds is 5. The van der Waals surface area contributed by atoms with Crippen LogP contribution in [-0.4, -0.2) is 26.6 Å². The SMILES string of the molecule is Cc1cc(C)c(C(=O)NCCCS(N)(=O)=O)c(C)c1. The summed E-state index contributed by atoms with van der Waals surface area (Å²) in [6, 6.07) is 3.90. The number of sulfonamides is 1. The Labute approximate surface area is 114 Å². The Kier molecular flexibility index (Phi) is 5.08. The Morgan fingerprint density at radius 3 is 2.21 bits per heavy atom. The van der Waals surface area contributed by atoms with Crippen LogP contribution in [0.5, 0.6) is 0 Å². The largest absolute Gasteiger partial charge is 0.352 e. The molecule has 0 aliphatic rings. The smallest absolute Gasteiger partial charge is 0.251 e. The molecule has 0 bridgehead atoms. The van der Waals surface area contributed by atoms with Crippen molar-refractivity contribution < 1.29 is 13.2 Å². The topological polar surface area (TPSA) is 89.3 Å². The zero-order chi connectivity index (χ0) is 14.6. The highest BCUT2D eigenvalue weighted by Gasteiger charge is 2.12. The van der Waals surface area contributed by atoms with Gasteiger partial charge in [0.2, 0.25) is 10.0 Å². The summed E-state index contributed by atoms with van der Waals surface area (Å²) in [5, 5.41) is 7.60. The van der Waals surface area contributed by atoms with Gasteiger partial charge in [-0.15, -0.1) is 0 Å². The minimum atomic E-state index is -3.46. The molecule has 5 nitrogen and oxygen atoms in total. The maximum atomic E-state index is 12.0. The van der Waals surface area contributed by atoms with Crippen molar-refractivity contribution in [3.05, 3.63) is 34.4 Å². The number of carbonyl (C=O) groups is 1. The Bertz CT molecular complexity index is 557. The second kappa shape index (κ2) is 6.16. The third kappa shape index (κ3) is 5.00. The van der Waals surface area contributed by atoms with Gasteiger partial charge in [-0.25, -0.2) is 13.6 Å². The summed E-state index contributed by atoms with van der Waals surface area (Å²) in [7, 11) is -3.46. The molecule has 1 aromatic carbocycles. The van der Waals surface area contributed by atoms with Crippen molar-refractivity contribution in [3.63, 3.8) is 0 Å². The summed E-state index contributed by atoms with van der Waals surface area (Å²) in [6.45, 7) is 6.05. The lowest BCUT2D eigenvalue weighted by molar-refractivity contribution is 0.0952. The van der Waals surface area contributed by atoms with E-state index in [4.69, 9.17) is 5.14 Å². The molecule has 3 N–H and O–H groups in total. The number of aryl methyl sites for hydroxylation is 3. The minimum Gasteiger partial charge on any atom is -0.352 e. The van der Waals surface area contributed by atoms with Gasteiger partial charge in [-0.3, -0.25) is 4.79 Å². The van der Waals surface area contributed by atoms with E-state index in [0.29, 0.717) is 18.5 Å². The number of primary sulfonamides is 1. The van der Waals surface area contributed by atoms with Crippen molar-refractivity contribution in [1.29, 1.82) is 0 Å². The average Bonchev–Trinajstić information content (AvgIpc) is 2.21. The summed E-state index contributed by atoms with van der Waals surface area (Å²) in [6.07, 6.45) is 0.314. The minimum absolute atomic E-state index is 0.126. The second-order valence-corrected chi connectivity index (χ2v) is 6.48. The van der Waals surface area contributed by atoms with Crippen LogP contribution in [0.2, 0.25) is 0 Å². The molecule has 6 heteroatoms. The van der Waals surface area contributed by atoms with Gasteiger partial charge >= 0.3 is 0 Å². The van der Waals surface area contributed by atoms with Gasteiger partial charge in [-0.2, -0.15) is 0 Å². The van der Waals surface area contributed by atoms with Crippen LogP contribution in [0.25, 0.3) is 0 Å². The van der Waals surface area contributed by atoms with Crippen molar-refractivity contribution >= 4 is 15.9 Å². The fraction of sp³-hybridized carbons (Fsp3) is 0.462. The van der Waals surface area contributed by atoms with Crippen LogP contribution < -0.4 is 10.5 Å². The lowest BCUT2D eigenvalue weighted by Crippen LogP contribution is -2.28. The van der Waals surface area contributed by atoms with Crippen LogP contribution in [-0.2, 0) is 10.0 Å². The fourth-order valence-corrected chi connectivity index (χ4v) is 2.65. The first-order valence-corrected chi connectivity index (χ1v) is 7.79. The molecule has 0 atom stereocenters. The number of benzene rings is 1. The van der Waals surface area contributed by atoms with Crippen molar-refractivity contribution in [3.8, 4) is 0 Å². The second-order valence-electron chi connectivity index (χ2n) is 4.75. The Hall–Kier alpha value is -1.40. The molecule has 0 saturated heterocycles. The standard InChI is InChI=1S/C13H20N2O3S/c1-9-7-10(2)12(11(3)8-9)13(16)15-5-4-6-19(14,17)18/h7-8H,4-6H2,1-3H3,(H,15,16)(H2,14,17,18). The Balaban J connectivity index is 2.65. The van der Waals surface area contributed by atoms with Crippen molar-refractivity contribution in [2.24, 2.45) is 5.14 Å². The van der Waals surface area contributed by atoms with E-state index in [-0.39, 0.29) is 11.7 Å². The van der Waals surface area contributed by atoms with Gasteiger partial charge in [0.1, 0.15) is 0 Å². The molecule has 0 fully saturated rings. The number of hydrogen-bond donors (Lipinski definition) is 2. The van der Waals surface area contributed by atoms with E-state index < -0.39 is 10.0 Å². The molecule has 0 saturated carbocycles. The molecule has 0 heterocycles. The van der Waals surface area contributed by atoms with Crippen molar-refractivity contribution in [2.75, 3.05) is 12.3 Å². The third-order valence-corrected chi connectivity index (χ3v) is 3.65. The molecular weight excluding hydrogens is 264 g/mol. The quantitative estimate of drug-likeness (QED) is 0.791. The molecule has 0 spiro atoms. The molecule has 0 aliphatic heterocycles. The molecule has 0 aromatic heterocycles. The zero-order valence-electron chi connectivity index (χ0n) is 11.5. The number of nitrogens with one attached hydrogen (secondary N) is 1. The normalized spacial score (nSPS) is 11.4. The van der Waals surface area contributed by atoms with Gasteiger partial charge in [-0.05, 0) is 38.3 Å². The maximum Gasteiger partial charge on any atom is 0.251 e. The number of nitrogens with two attached hydrogens (primary N) is 1. The molecule has 0 unspecified atom stereocenters. The van der Waals surface area contributed by atoms with Gasteiger partial charge in [0.15, 0.2) is 0 Å². The summed E-state index contributed by atoms with van der Waals surface area (Å²) >= 11 is 0. The summed E-state index contributed by atoms with van der Waals surface area (Å²) in [5.74, 6) is -0.302. The highest BCUT2D eigenvalue weighted by Crippen LogP contribution is 2.16. The van der Waals surface area contributed by atoms with E-state index >= 15 is 0 Å². The Morgan fingerprint density at radius 1 is 1.21 bits per heavy atom. The van der Waals surface area contributed by atoms with E-state index in [1.54, 1.807) is 0 Å². The first kappa shape index (κ1) is 15.7. The lowest BCUT2D eigenvalue weighted by atomic mass is 9.99. The van der Waals surface area contributed by atoms with Gasteiger partial charge < -0.3 is 5.32 Å². The first-order chi connectivity index (χ1) is 8.70. The molecule has 1 rings (SSSR count). The van der Waals surface area contributed by atoms with E-state index in [1.807, 2.05) is 32.9 Å². The van der Waals surface area contributed by atoms with E-state index in [2.05, 4.69) is 5.32 Å². The monoisotopic (exact) mass is 284 g/mol. The fourth-order valence-electron chi connectivity index (χ4n) is 2.10. The molecule has 106 valence electrons. The number of amides is 1. The van der Waals surface area contributed by atoms with E-state index in [0.717, 1.165) is 16.7 Å². The molecule has 0 aliphatic carbocycles. The highest BCUT2D eigenvalue weighted by molar-refractivity contribution is 7.89. The van der Waals surface area contributed by atoms with Crippen LogP contribution in [0, 0.1) is 20.8 Å². The number of carbonyl (C=O) groups excluding carboxylic acids is 1. The predicted molar refractivity (Wildman–Crippen MR) is 75.6 cm³/mol. The van der Waals surface area contributed by atoms with Gasteiger partial charge in [-0.1, -0.05) is 17.7 Å². The zero-order valence-corrected chi connectivity index (χ0v) is 12.3. The highest BCUT2D eigenvalue weighted by atomic mass is 32.2. The van der Waals surface area contributed by atoms with Crippen molar-refractivity contribution in [2.45, 2.75) is 27.2 Å². The van der Waals surface area contributed by atoms with E-state index in [1.165, 1.54) is 0 Å². The summed E-state index contributed by atoms with van der Waals surface area (Å²) in [4.78, 5) is 12.0. The van der Waals surface area contributed by atoms with Gasteiger partial charge in [0.05, 0.1) is 5.75 Å². The number of hydrogen-bond acceptors (Lipinski definition) is 3. The summed E-state index contributed by atoms with van der Waals surface area (Å²) in [5.41, 5.74) is 3.60. The molecule has 19 heavy (non-hydrogen) atoms. The van der Waals surface area contributed by atoms with Crippen LogP contribution in [0.15, 0.2) is 12.1 Å². The predicted octanol–water partition coefficient (Wildman–Crippen LogP) is 1.02. The van der Waals surface area contributed by atoms with Gasteiger partial charge in [0, 0.05) is 12.1 Å². The van der Waals surface area contributed by atoms with Gasteiger partial charge in [0.25, 0.3) is 5.91 Å². The average molecular weight is 284 g/mol. The van der Waals surface area contributed by atoms with Crippen LogP contribution in [0.3, 0.4) is 0 Å². The maximum absolute atomic E-state index is 12.0. The summed E-state index contributed by atoms with van der Waals surface area (Å²) < 4.78 is 21.5. The third-order valence-electron chi connectivity index (χ3n) is 2.80. The van der Waals surface area contributed by atoms with Crippen LogP contribution in [0.1, 0.15) is 33.5 Å². The first-order valence-electron chi connectivity index (χ1n) is 6.07. The van der Waals surface area contributed by atoms with Crippen LogP contribution in [0.4, 0.5) is 0 Å². The molecular formula is C13H20N2O3S. The molecule has 1 aromatic rings. The lowest BCUT2D eigenvalue weighted by Gasteiger charge is -2.11. The molecule has 0 radical (unpaired) electrons. The Morgan fingerprint density at radius 2 is 1.74 bits per heavy atom. The molecule has 1 amide bonds. The van der Waals surface area contributed by atoms with Crippen molar-refractivity contribution in [1.82, 2.24) is 5.32 Å². The van der Waals surface area contributed by atoms with Crippen LogP contribution >= 0.6 is 0 Å². The van der Waals surface area contributed by atoms with E-state index in [9.17, 15) is 13.2 Å².